The van der Waals surface area contributed by atoms with Crippen LogP contribution in [0.15, 0.2) is 0 Å². The number of hydrogen-bond acceptors (Lipinski definition) is 3. The topological polar surface area (TPSA) is 29.3 Å². The minimum Gasteiger partial charge on any atom is -0.327 e. The summed E-state index contributed by atoms with van der Waals surface area (Å²) in [4.78, 5) is 2.42. The number of nitrogens with two attached hydrogens (primary N) is 1. The molecule has 2 unspecified atom stereocenters. The Hall–Kier alpha value is 0.270. The Bertz CT molecular complexity index is 141. The Morgan fingerprint density at radius 2 is 2.23 bits per heavy atom. The standard InChI is InChI=1S/C10H22N2S/c1-12(6-7-13-2)8-9-4-3-5-10(9)11/h9-10H,3-8,11H2,1-2H3. The van der Waals surface area contributed by atoms with Crippen molar-refractivity contribution in [3.63, 3.8) is 0 Å². The molecular formula is C10H22N2S. The molecule has 13 heavy (non-hydrogen) atoms. The van der Waals surface area contributed by atoms with Crippen LogP contribution in [0.5, 0.6) is 0 Å². The van der Waals surface area contributed by atoms with E-state index in [0.29, 0.717) is 6.04 Å². The van der Waals surface area contributed by atoms with Crippen LogP contribution in [0.25, 0.3) is 0 Å². The predicted molar refractivity (Wildman–Crippen MR) is 61.2 cm³/mol. The van der Waals surface area contributed by atoms with Gasteiger partial charge in [0.2, 0.25) is 0 Å². The summed E-state index contributed by atoms with van der Waals surface area (Å²) in [6.45, 7) is 2.39. The molecule has 1 fully saturated rings. The van der Waals surface area contributed by atoms with E-state index in [2.05, 4.69) is 18.2 Å². The lowest BCUT2D eigenvalue weighted by atomic mass is 10.0. The van der Waals surface area contributed by atoms with Gasteiger partial charge < -0.3 is 10.6 Å². The maximum absolute atomic E-state index is 6.02. The lowest BCUT2D eigenvalue weighted by Crippen LogP contribution is -2.35. The minimum absolute atomic E-state index is 0.469. The molecule has 2 atom stereocenters. The summed E-state index contributed by atoms with van der Waals surface area (Å²) < 4.78 is 0. The van der Waals surface area contributed by atoms with Crippen molar-refractivity contribution in [3.05, 3.63) is 0 Å². The van der Waals surface area contributed by atoms with Crippen LogP contribution in [0.4, 0.5) is 0 Å². The second-order valence-corrected chi connectivity index (χ2v) is 5.10. The molecule has 0 saturated heterocycles. The normalized spacial score (nSPS) is 28.6. The Balaban J connectivity index is 2.15. The maximum atomic E-state index is 6.02. The Labute approximate surface area is 86.2 Å². The first-order valence-corrected chi connectivity index (χ1v) is 6.56. The van der Waals surface area contributed by atoms with E-state index in [9.17, 15) is 0 Å². The number of hydrogen-bond donors (Lipinski definition) is 1. The van der Waals surface area contributed by atoms with Gasteiger partial charge in [-0.3, -0.25) is 0 Å². The lowest BCUT2D eigenvalue weighted by molar-refractivity contribution is 0.279. The monoisotopic (exact) mass is 202 g/mol. The van der Waals surface area contributed by atoms with Gasteiger partial charge >= 0.3 is 0 Å². The van der Waals surface area contributed by atoms with Crippen molar-refractivity contribution in [3.8, 4) is 0 Å². The van der Waals surface area contributed by atoms with Gasteiger partial charge in [-0.05, 0) is 32.1 Å². The first kappa shape index (κ1) is 11.3. The van der Waals surface area contributed by atoms with Gasteiger partial charge in [0.1, 0.15) is 0 Å². The molecule has 0 aromatic heterocycles. The number of nitrogens with zero attached hydrogens (tertiary/aromatic N) is 1. The third-order valence-electron chi connectivity index (χ3n) is 2.94. The van der Waals surface area contributed by atoms with E-state index >= 15 is 0 Å². The third-order valence-corrected chi connectivity index (χ3v) is 3.53. The van der Waals surface area contributed by atoms with Crippen LogP contribution in [0.2, 0.25) is 0 Å². The highest BCUT2D eigenvalue weighted by Gasteiger charge is 2.24. The molecule has 0 amide bonds. The molecule has 1 aliphatic rings. The van der Waals surface area contributed by atoms with Crippen molar-refractivity contribution in [1.82, 2.24) is 4.90 Å². The Morgan fingerprint density at radius 3 is 2.77 bits per heavy atom. The highest BCUT2D eigenvalue weighted by molar-refractivity contribution is 7.98. The molecule has 0 aromatic carbocycles. The molecule has 1 aliphatic carbocycles. The van der Waals surface area contributed by atoms with E-state index < -0.39 is 0 Å². The minimum atomic E-state index is 0.469. The van der Waals surface area contributed by atoms with Crippen LogP contribution >= 0.6 is 11.8 Å². The maximum Gasteiger partial charge on any atom is 0.00793 e. The van der Waals surface area contributed by atoms with Crippen molar-refractivity contribution in [1.29, 1.82) is 0 Å². The Kier molecular flexibility index (Phi) is 5.14. The molecule has 78 valence electrons. The van der Waals surface area contributed by atoms with E-state index in [-0.39, 0.29) is 0 Å². The first-order valence-electron chi connectivity index (χ1n) is 5.17. The van der Waals surface area contributed by atoms with E-state index in [4.69, 9.17) is 5.73 Å². The van der Waals surface area contributed by atoms with Crippen molar-refractivity contribution in [2.24, 2.45) is 11.7 Å². The summed E-state index contributed by atoms with van der Waals surface area (Å²) in [7, 11) is 2.21. The average Bonchev–Trinajstić information content (AvgIpc) is 2.48. The first-order chi connectivity index (χ1) is 6.24. The van der Waals surface area contributed by atoms with Gasteiger partial charge in [-0.1, -0.05) is 6.42 Å². The highest BCUT2D eigenvalue weighted by Crippen LogP contribution is 2.24. The fourth-order valence-corrected chi connectivity index (χ4v) is 2.53. The van der Waals surface area contributed by atoms with Gasteiger partial charge in [-0.15, -0.1) is 0 Å². The molecule has 0 aliphatic heterocycles. The van der Waals surface area contributed by atoms with Crippen molar-refractivity contribution in [2.45, 2.75) is 25.3 Å². The fourth-order valence-electron chi connectivity index (χ4n) is 2.03. The summed E-state index contributed by atoms with van der Waals surface area (Å²) in [5, 5.41) is 0. The molecule has 1 saturated carbocycles. The third kappa shape index (κ3) is 3.88. The van der Waals surface area contributed by atoms with Gasteiger partial charge in [0.15, 0.2) is 0 Å². The zero-order valence-electron chi connectivity index (χ0n) is 8.83. The second-order valence-electron chi connectivity index (χ2n) is 4.11. The van der Waals surface area contributed by atoms with Crippen molar-refractivity contribution in [2.75, 3.05) is 32.1 Å². The van der Waals surface area contributed by atoms with Crippen LogP contribution in [-0.4, -0.2) is 43.1 Å². The van der Waals surface area contributed by atoms with Crippen LogP contribution in [-0.2, 0) is 0 Å². The van der Waals surface area contributed by atoms with E-state index in [1.807, 2.05) is 11.8 Å². The van der Waals surface area contributed by atoms with E-state index in [0.717, 1.165) is 5.92 Å². The van der Waals surface area contributed by atoms with Crippen molar-refractivity contribution < 1.29 is 0 Å². The molecule has 0 spiro atoms. The smallest absolute Gasteiger partial charge is 0.00793 e. The zero-order valence-corrected chi connectivity index (χ0v) is 9.65. The fraction of sp³-hybridized carbons (Fsp3) is 1.00. The molecule has 0 radical (unpaired) electrons. The molecule has 0 heterocycles. The SMILES string of the molecule is CSCCN(C)CC1CCCC1N. The number of thioether (sulfide) groups is 1. The zero-order chi connectivity index (χ0) is 9.68. The van der Waals surface area contributed by atoms with E-state index in [1.54, 1.807) is 0 Å². The summed E-state index contributed by atoms with van der Waals surface area (Å²) in [5.41, 5.74) is 6.02. The van der Waals surface area contributed by atoms with Gasteiger partial charge in [0, 0.05) is 24.9 Å². The predicted octanol–water partition coefficient (Wildman–Crippen LogP) is 1.41. The van der Waals surface area contributed by atoms with E-state index in [1.165, 1.54) is 38.1 Å². The van der Waals surface area contributed by atoms with Gasteiger partial charge in [0.05, 0.1) is 0 Å². The molecule has 1 rings (SSSR count). The van der Waals surface area contributed by atoms with Crippen LogP contribution in [0.3, 0.4) is 0 Å². The number of rotatable bonds is 5. The van der Waals surface area contributed by atoms with Gasteiger partial charge in [-0.2, -0.15) is 11.8 Å². The Morgan fingerprint density at radius 1 is 1.46 bits per heavy atom. The quantitative estimate of drug-likeness (QED) is 0.731. The highest BCUT2D eigenvalue weighted by atomic mass is 32.2. The average molecular weight is 202 g/mol. The molecule has 2 nitrogen and oxygen atoms in total. The van der Waals surface area contributed by atoms with Crippen molar-refractivity contribution >= 4 is 11.8 Å². The summed E-state index contributed by atoms with van der Waals surface area (Å²) in [6, 6.07) is 0.469. The lowest BCUT2D eigenvalue weighted by Gasteiger charge is -2.23. The van der Waals surface area contributed by atoms with Gasteiger partial charge in [0.25, 0.3) is 0 Å². The summed E-state index contributed by atoms with van der Waals surface area (Å²) >= 11 is 1.92. The largest absolute Gasteiger partial charge is 0.327 e. The summed E-state index contributed by atoms with van der Waals surface area (Å²) in [5.74, 6) is 1.99. The molecule has 2 N–H and O–H groups in total. The molecular weight excluding hydrogens is 180 g/mol. The second kappa shape index (κ2) is 5.89. The van der Waals surface area contributed by atoms with Gasteiger partial charge in [-0.25, -0.2) is 0 Å². The molecule has 0 bridgehead atoms. The van der Waals surface area contributed by atoms with Crippen LogP contribution in [0, 0.1) is 5.92 Å². The summed E-state index contributed by atoms with van der Waals surface area (Å²) in [6.07, 6.45) is 6.07. The molecule has 0 aromatic rings. The van der Waals surface area contributed by atoms with Crippen LogP contribution < -0.4 is 5.73 Å². The molecule has 3 heteroatoms. The van der Waals surface area contributed by atoms with Crippen LogP contribution in [0.1, 0.15) is 19.3 Å².